The first-order chi connectivity index (χ1) is 26.3. The van der Waals surface area contributed by atoms with Gasteiger partial charge in [-0.1, -0.05) is 36.4 Å². The Morgan fingerprint density at radius 1 is 0.593 bits per heavy atom. The number of carbonyl (C=O) groups is 2. The van der Waals surface area contributed by atoms with Crippen molar-refractivity contribution in [3.63, 3.8) is 0 Å². The molecule has 1 saturated carbocycles. The van der Waals surface area contributed by atoms with Crippen LogP contribution in [0.25, 0.3) is 21.5 Å². The van der Waals surface area contributed by atoms with Crippen LogP contribution < -0.4 is 31.5 Å². The van der Waals surface area contributed by atoms with Gasteiger partial charge in [-0.2, -0.15) is 0 Å². The maximum absolute atomic E-state index is 14.4. The zero-order valence-corrected chi connectivity index (χ0v) is 31.0. The Kier molecular flexibility index (Phi) is 13.1. The Morgan fingerprint density at radius 2 is 1.07 bits per heavy atom. The summed E-state index contributed by atoms with van der Waals surface area (Å²) in [5.74, 6) is -2.52. The van der Waals surface area contributed by atoms with Crippen LogP contribution in [0.5, 0.6) is 0 Å². The van der Waals surface area contributed by atoms with Gasteiger partial charge in [0.1, 0.15) is 26.3 Å². The summed E-state index contributed by atoms with van der Waals surface area (Å²) in [6.07, 6.45) is -2.48. The average Bonchev–Trinajstić information content (AvgIpc) is 3.32. The van der Waals surface area contributed by atoms with Crippen molar-refractivity contribution < 1.29 is 48.8 Å². The number of nitrogens with one attached hydrogen (secondary N) is 4. The molecule has 290 valence electrons. The van der Waals surface area contributed by atoms with E-state index in [1.54, 1.807) is 38.1 Å². The van der Waals surface area contributed by atoms with Gasteiger partial charge in [0.25, 0.3) is 0 Å². The fourth-order valence-electron chi connectivity index (χ4n) is 7.44. The SMILES string of the molecule is CCOOCC1Nc2cccc3c(C4C([O-])C(c5ccc(NCC(=O)OCC)c6c(NCC(=O)OCC)cccc56)C4[O-])ccc(c23)NC1COOCC. The quantitative estimate of drug-likeness (QED) is 0.0500. The minimum absolute atomic E-state index is 0.0935. The molecule has 0 spiro atoms. The highest BCUT2D eigenvalue weighted by atomic mass is 17.2. The Morgan fingerprint density at radius 3 is 1.61 bits per heavy atom. The van der Waals surface area contributed by atoms with E-state index in [1.165, 1.54) is 0 Å². The van der Waals surface area contributed by atoms with Crippen molar-refractivity contribution in [1.29, 1.82) is 0 Å². The molecular formula is C40H48N4O10-2. The molecular weight excluding hydrogens is 696 g/mol. The van der Waals surface area contributed by atoms with E-state index < -0.39 is 36.0 Å². The second-order valence-electron chi connectivity index (χ2n) is 13.0. The standard InChI is InChI=1S/C40H48N4O10/c1-5-49-33(45)19-41-27-13-9-11-23-25(15-17-28(35(23)27)42-20-34(46)50-6-2)37-39(47)38(40(37)48)26-16-18-30-36-24(26)12-10-14-29(36)43-31(21-53-51-7-3)32(44-30)22-54-52-8-4/h9-18,31-32,37-44H,5-8,19-22H2,1-4H3/q-2. The summed E-state index contributed by atoms with van der Waals surface area (Å²) in [6, 6.07) is 18.1. The van der Waals surface area contributed by atoms with Crippen molar-refractivity contribution in [2.75, 3.05) is 74.0 Å². The van der Waals surface area contributed by atoms with Gasteiger partial charge in [0.05, 0.1) is 38.5 Å². The molecule has 1 fully saturated rings. The number of esters is 2. The Labute approximate surface area is 314 Å². The lowest BCUT2D eigenvalue weighted by Crippen LogP contribution is -2.63. The average molecular weight is 745 g/mol. The predicted molar refractivity (Wildman–Crippen MR) is 201 cm³/mol. The van der Waals surface area contributed by atoms with Gasteiger partial charge in [-0.3, -0.25) is 9.59 Å². The molecule has 4 N–H and O–H groups in total. The molecule has 4 unspecified atom stereocenters. The van der Waals surface area contributed by atoms with Crippen LogP contribution in [0, 0.1) is 0 Å². The molecule has 6 rings (SSSR count). The maximum atomic E-state index is 14.4. The van der Waals surface area contributed by atoms with Crippen LogP contribution in [-0.2, 0) is 38.6 Å². The Bertz CT molecular complexity index is 1860. The third-order valence-corrected chi connectivity index (χ3v) is 9.80. The number of benzene rings is 4. The van der Waals surface area contributed by atoms with Crippen molar-refractivity contribution in [3.05, 3.63) is 71.8 Å². The lowest BCUT2D eigenvalue weighted by atomic mass is 9.62. The monoisotopic (exact) mass is 744 g/mol. The van der Waals surface area contributed by atoms with Crippen LogP contribution in [0.4, 0.5) is 22.7 Å². The second kappa shape index (κ2) is 18.1. The number of hydrogen-bond acceptors (Lipinski definition) is 14. The van der Waals surface area contributed by atoms with Crippen molar-refractivity contribution in [2.45, 2.75) is 63.8 Å². The van der Waals surface area contributed by atoms with Crippen LogP contribution in [0.1, 0.15) is 50.7 Å². The Balaban J connectivity index is 1.33. The van der Waals surface area contributed by atoms with E-state index in [-0.39, 0.29) is 51.6 Å². The second-order valence-corrected chi connectivity index (χ2v) is 13.0. The fraction of sp³-hybridized carbons (Fsp3) is 0.450. The van der Waals surface area contributed by atoms with Gasteiger partial charge in [-0.25, -0.2) is 19.6 Å². The third kappa shape index (κ3) is 8.19. The highest BCUT2D eigenvalue weighted by Gasteiger charge is 2.40. The van der Waals surface area contributed by atoms with Crippen molar-refractivity contribution >= 4 is 56.2 Å². The molecule has 0 saturated heterocycles. The Hall–Kier alpha value is -4.70. The van der Waals surface area contributed by atoms with E-state index in [2.05, 4.69) is 21.3 Å². The molecule has 4 atom stereocenters. The van der Waals surface area contributed by atoms with Gasteiger partial charge < -0.3 is 41.0 Å². The van der Waals surface area contributed by atoms with Crippen molar-refractivity contribution in [2.24, 2.45) is 0 Å². The first-order valence-electron chi connectivity index (χ1n) is 18.5. The summed E-state index contributed by atoms with van der Waals surface area (Å²) in [5.41, 5.74) is 4.12. The highest BCUT2D eigenvalue weighted by molar-refractivity contribution is 6.07. The topological polar surface area (TPSA) is 184 Å². The van der Waals surface area contributed by atoms with Gasteiger partial charge in [0, 0.05) is 33.5 Å². The summed E-state index contributed by atoms with van der Waals surface area (Å²) in [6.45, 7) is 8.69. The normalized spacial score (nSPS) is 21.7. The first-order valence-corrected chi connectivity index (χ1v) is 18.5. The van der Waals surface area contributed by atoms with Crippen LogP contribution in [0.2, 0.25) is 0 Å². The number of rotatable bonds is 18. The zero-order valence-electron chi connectivity index (χ0n) is 31.0. The zero-order chi connectivity index (χ0) is 38.2. The first kappa shape index (κ1) is 39.0. The lowest BCUT2D eigenvalue weighted by Gasteiger charge is -2.62. The van der Waals surface area contributed by atoms with Crippen LogP contribution in [0.3, 0.4) is 0 Å². The molecule has 14 heteroatoms. The molecule has 0 radical (unpaired) electrons. The number of fused-ring (bicyclic) bond motifs is 1. The van der Waals surface area contributed by atoms with Crippen LogP contribution >= 0.6 is 0 Å². The van der Waals surface area contributed by atoms with E-state index in [0.29, 0.717) is 46.5 Å². The maximum Gasteiger partial charge on any atom is 0.325 e. The number of carbonyl (C=O) groups excluding carboxylic acids is 2. The number of hydrogen-bond donors (Lipinski definition) is 4. The molecule has 14 nitrogen and oxygen atoms in total. The third-order valence-electron chi connectivity index (χ3n) is 9.80. The lowest BCUT2D eigenvalue weighted by molar-refractivity contribution is -0.535. The molecule has 2 aliphatic rings. The number of ether oxygens (including phenoxy) is 2. The molecule has 0 amide bonds. The summed E-state index contributed by atoms with van der Waals surface area (Å²) in [4.78, 5) is 45.8. The van der Waals surface area contributed by atoms with Gasteiger partial charge >= 0.3 is 11.9 Å². The summed E-state index contributed by atoms with van der Waals surface area (Å²) >= 11 is 0. The van der Waals surface area contributed by atoms with Gasteiger partial charge in [0.15, 0.2) is 0 Å². The fourth-order valence-corrected chi connectivity index (χ4v) is 7.44. The van der Waals surface area contributed by atoms with E-state index >= 15 is 0 Å². The molecule has 54 heavy (non-hydrogen) atoms. The minimum Gasteiger partial charge on any atom is -0.851 e. The predicted octanol–water partition coefficient (Wildman–Crippen LogP) is 3.79. The molecule has 4 aromatic rings. The van der Waals surface area contributed by atoms with Gasteiger partial charge in [-0.05, 0) is 85.7 Å². The minimum atomic E-state index is -1.24. The molecule has 1 aliphatic carbocycles. The highest BCUT2D eigenvalue weighted by Crippen LogP contribution is 2.51. The molecule has 0 bridgehead atoms. The van der Waals surface area contributed by atoms with Gasteiger partial charge in [0.2, 0.25) is 0 Å². The molecule has 4 aromatic carbocycles. The van der Waals surface area contributed by atoms with Crippen molar-refractivity contribution in [1.82, 2.24) is 0 Å². The largest absolute Gasteiger partial charge is 0.851 e. The number of anilines is 4. The molecule has 1 heterocycles. The van der Waals surface area contributed by atoms with E-state index in [9.17, 15) is 19.8 Å². The van der Waals surface area contributed by atoms with Crippen LogP contribution in [-0.4, -0.2) is 89.0 Å². The van der Waals surface area contributed by atoms with Crippen LogP contribution in [0.15, 0.2) is 60.7 Å². The van der Waals surface area contributed by atoms with E-state index in [1.807, 2.05) is 50.2 Å². The van der Waals surface area contributed by atoms with E-state index in [0.717, 1.165) is 22.1 Å². The summed E-state index contributed by atoms with van der Waals surface area (Å²) < 4.78 is 10.2. The molecule has 1 aliphatic heterocycles. The smallest absolute Gasteiger partial charge is 0.325 e. The van der Waals surface area contributed by atoms with Crippen molar-refractivity contribution in [3.8, 4) is 0 Å². The van der Waals surface area contributed by atoms with E-state index in [4.69, 9.17) is 29.0 Å². The summed E-state index contributed by atoms with van der Waals surface area (Å²) in [5, 5.41) is 45.1. The molecule has 0 aromatic heterocycles. The summed E-state index contributed by atoms with van der Waals surface area (Å²) in [7, 11) is 0. The van der Waals surface area contributed by atoms with Gasteiger partial charge in [-0.15, -0.1) is 12.2 Å².